The van der Waals surface area contributed by atoms with Crippen molar-refractivity contribution in [2.75, 3.05) is 12.4 Å². The van der Waals surface area contributed by atoms with Crippen LogP contribution in [0.15, 0.2) is 35.8 Å². The maximum Gasteiger partial charge on any atom is 0.226 e. The number of aromatic nitrogens is 3. The van der Waals surface area contributed by atoms with E-state index < -0.39 is 0 Å². The molecule has 1 aliphatic heterocycles. The number of hydrogen-bond donors (Lipinski definition) is 2. The number of methoxy groups -OCH3 is 1. The predicted molar refractivity (Wildman–Crippen MR) is 91.5 cm³/mol. The van der Waals surface area contributed by atoms with Crippen molar-refractivity contribution in [3.8, 4) is 11.5 Å². The number of allylic oxidation sites excluding steroid dienone is 2. The minimum absolute atomic E-state index is 0.0595. The number of fused-ring (bicyclic) bond motifs is 1. The van der Waals surface area contributed by atoms with Crippen LogP contribution in [0.25, 0.3) is 0 Å². The number of hydrogen-bond acceptors (Lipinski definition) is 6. The molecule has 0 bridgehead atoms. The molecule has 7 heteroatoms. The molecule has 0 saturated carbocycles. The molecule has 130 valence electrons. The minimum Gasteiger partial charge on any atom is -0.504 e. The summed E-state index contributed by atoms with van der Waals surface area (Å²) in [6, 6.07) is 4.72. The first-order valence-electron chi connectivity index (χ1n) is 8.19. The van der Waals surface area contributed by atoms with Gasteiger partial charge in [-0.15, -0.1) is 0 Å². The molecule has 25 heavy (non-hydrogen) atoms. The zero-order chi connectivity index (χ0) is 17.8. The van der Waals surface area contributed by atoms with Crippen LogP contribution in [0.4, 0.5) is 5.95 Å². The van der Waals surface area contributed by atoms with Crippen LogP contribution in [-0.4, -0.2) is 32.8 Å². The predicted octanol–water partition coefficient (Wildman–Crippen LogP) is 2.65. The Morgan fingerprint density at radius 3 is 2.92 bits per heavy atom. The monoisotopic (exact) mass is 340 g/mol. The number of carbonyl (C=O) groups is 1. The van der Waals surface area contributed by atoms with E-state index in [0.717, 1.165) is 17.7 Å². The third-order valence-corrected chi connectivity index (χ3v) is 4.79. The number of benzene rings is 1. The highest BCUT2D eigenvalue weighted by Gasteiger charge is 2.41. The van der Waals surface area contributed by atoms with Crippen molar-refractivity contribution in [1.29, 1.82) is 0 Å². The molecule has 0 saturated heterocycles. The summed E-state index contributed by atoms with van der Waals surface area (Å²) in [5.74, 6) is 1.14. The quantitative estimate of drug-likeness (QED) is 0.874. The van der Waals surface area contributed by atoms with Crippen molar-refractivity contribution in [2.24, 2.45) is 5.41 Å². The van der Waals surface area contributed by atoms with Gasteiger partial charge >= 0.3 is 0 Å². The molecule has 1 aliphatic carbocycles. The van der Waals surface area contributed by atoms with Crippen LogP contribution in [0.2, 0.25) is 0 Å². The number of phenolic OH excluding ortho intramolecular Hbond substituents is 1. The van der Waals surface area contributed by atoms with E-state index in [4.69, 9.17) is 4.74 Å². The summed E-state index contributed by atoms with van der Waals surface area (Å²) in [6.07, 6.45) is 2.73. The van der Waals surface area contributed by atoms with E-state index in [0.29, 0.717) is 23.7 Å². The molecule has 2 heterocycles. The summed E-state index contributed by atoms with van der Waals surface area (Å²) < 4.78 is 6.94. The number of nitrogens with zero attached hydrogens (tertiary/aromatic N) is 3. The van der Waals surface area contributed by atoms with Crippen molar-refractivity contribution >= 4 is 11.7 Å². The summed E-state index contributed by atoms with van der Waals surface area (Å²) >= 11 is 0. The van der Waals surface area contributed by atoms with Gasteiger partial charge in [0.1, 0.15) is 12.4 Å². The maximum absolute atomic E-state index is 12.9. The van der Waals surface area contributed by atoms with Gasteiger partial charge in [-0.2, -0.15) is 10.1 Å². The Morgan fingerprint density at radius 1 is 1.36 bits per heavy atom. The van der Waals surface area contributed by atoms with E-state index in [1.54, 1.807) is 22.9 Å². The van der Waals surface area contributed by atoms with E-state index in [1.165, 1.54) is 13.4 Å². The second-order valence-corrected chi connectivity index (χ2v) is 7.32. The molecule has 1 aromatic carbocycles. The fraction of sp³-hybridized carbons (Fsp3) is 0.389. The number of phenols is 1. The number of aromatic hydroxyl groups is 1. The van der Waals surface area contributed by atoms with Gasteiger partial charge < -0.3 is 15.2 Å². The minimum atomic E-state index is -0.383. The maximum atomic E-state index is 12.9. The van der Waals surface area contributed by atoms with Gasteiger partial charge in [0.25, 0.3) is 0 Å². The Labute approximate surface area is 145 Å². The topological polar surface area (TPSA) is 89.3 Å². The Morgan fingerprint density at radius 2 is 2.16 bits per heavy atom. The Hall–Kier alpha value is -2.83. The number of ketones is 1. The average Bonchev–Trinajstić information content (AvgIpc) is 3.00. The van der Waals surface area contributed by atoms with Gasteiger partial charge in [-0.3, -0.25) is 4.79 Å². The molecule has 0 amide bonds. The highest BCUT2D eigenvalue weighted by atomic mass is 16.5. The number of carbonyl (C=O) groups excluding carboxylic acids is 1. The zero-order valence-corrected chi connectivity index (χ0v) is 14.4. The first-order chi connectivity index (χ1) is 11.9. The molecule has 1 unspecified atom stereocenters. The van der Waals surface area contributed by atoms with Crippen molar-refractivity contribution in [3.63, 3.8) is 0 Å². The first-order valence-corrected chi connectivity index (χ1v) is 8.19. The second-order valence-electron chi connectivity index (χ2n) is 7.32. The molecular formula is C18H20N4O3. The fourth-order valence-corrected chi connectivity index (χ4v) is 3.72. The van der Waals surface area contributed by atoms with Crippen LogP contribution >= 0.6 is 0 Å². The van der Waals surface area contributed by atoms with Crippen LogP contribution < -0.4 is 10.1 Å². The summed E-state index contributed by atoms with van der Waals surface area (Å²) in [6.45, 7) is 4.18. The summed E-state index contributed by atoms with van der Waals surface area (Å²) in [5.41, 5.74) is 2.34. The largest absolute Gasteiger partial charge is 0.504 e. The second kappa shape index (κ2) is 5.34. The Kier molecular flexibility index (Phi) is 3.35. The van der Waals surface area contributed by atoms with E-state index >= 15 is 0 Å². The van der Waals surface area contributed by atoms with Crippen LogP contribution in [-0.2, 0) is 4.79 Å². The molecule has 2 N–H and O–H groups in total. The molecule has 4 rings (SSSR count). The van der Waals surface area contributed by atoms with Gasteiger partial charge in [0.05, 0.1) is 7.11 Å². The molecule has 0 spiro atoms. The molecule has 1 atom stereocenters. The van der Waals surface area contributed by atoms with Crippen LogP contribution in [0.1, 0.15) is 38.3 Å². The SMILES string of the molecule is COc1cc(C2C3=C(CC(C)(C)CC3=O)Nc3ncnn32)ccc1O. The average molecular weight is 340 g/mol. The smallest absolute Gasteiger partial charge is 0.226 e. The van der Waals surface area contributed by atoms with Gasteiger partial charge in [0.2, 0.25) is 5.95 Å². The number of Topliss-reactive ketones (excluding diaryl/α,β-unsaturated/α-hetero) is 1. The van der Waals surface area contributed by atoms with Gasteiger partial charge in [0, 0.05) is 17.7 Å². The Bertz CT molecular complexity index is 897. The third-order valence-electron chi connectivity index (χ3n) is 4.79. The van der Waals surface area contributed by atoms with Crippen molar-refractivity contribution < 1.29 is 14.6 Å². The van der Waals surface area contributed by atoms with Crippen LogP contribution in [0, 0.1) is 5.41 Å². The lowest BCUT2D eigenvalue weighted by Gasteiger charge is -2.38. The normalized spacial score (nSPS) is 21.4. The zero-order valence-electron chi connectivity index (χ0n) is 14.4. The van der Waals surface area contributed by atoms with Crippen molar-refractivity contribution in [3.05, 3.63) is 41.4 Å². The summed E-state index contributed by atoms with van der Waals surface area (Å²) in [5, 5.41) is 17.5. The summed E-state index contributed by atoms with van der Waals surface area (Å²) in [4.78, 5) is 17.2. The highest BCUT2D eigenvalue weighted by molar-refractivity contribution is 6.00. The van der Waals surface area contributed by atoms with Gasteiger partial charge in [-0.1, -0.05) is 19.9 Å². The van der Waals surface area contributed by atoms with Crippen molar-refractivity contribution in [2.45, 2.75) is 32.7 Å². The molecule has 7 nitrogen and oxygen atoms in total. The lowest BCUT2D eigenvalue weighted by molar-refractivity contribution is -0.118. The van der Waals surface area contributed by atoms with E-state index in [1.807, 2.05) is 0 Å². The lowest BCUT2D eigenvalue weighted by atomic mass is 9.73. The van der Waals surface area contributed by atoms with Gasteiger partial charge in [-0.05, 0) is 29.5 Å². The summed E-state index contributed by atoms with van der Waals surface area (Å²) in [7, 11) is 1.50. The molecule has 2 aromatic rings. The molecular weight excluding hydrogens is 320 g/mol. The number of rotatable bonds is 2. The first kappa shape index (κ1) is 15.7. The van der Waals surface area contributed by atoms with Crippen molar-refractivity contribution in [1.82, 2.24) is 14.8 Å². The van der Waals surface area contributed by atoms with E-state index in [2.05, 4.69) is 29.2 Å². The van der Waals surface area contributed by atoms with E-state index in [9.17, 15) is 9.90 Å². The molecule has 1 aromatic heterocycles. The third kappa shape index (κ3) is 2.47. The van der Waals surface area contributed by atoms with Crippen LogP contribution in [0.3, 0.4) is 0 Å². The fourth-order valence-electron chi connectivity index (χ4n) is 3.72. The molecule has 2 aliphatic rings. The van der Waals surface area contributed by atoms with E-state index in [-0.39, 0.29) is 23.0 Å². The van der Waals surface area contributed by atoms with Gasteiger partial charge in [-0.25, -0.2) is 4.68 Å². The van der Waals surface area contributed by atoms with Crippen LogP contribution in [0.5, 0.6) is 11.5 Å². The number of anilines is 1. The Balaban J connectivity index is 1.90. The lowest BCUT2D eigenvalue weighted by Crippen LogP contribution is -2.36. The highest BCUT2D eigenvalue weighted by Crippen LogP contribution is 2.45. The molecule has 0 radical (unpaired) electrons. The van der Waals surface area contributed by atoms with Gasteiger partial charge in [0.15, 0.2) is 17.3 Å². The number of nitrogens with one attached hydrogen (secondary N) is 1. The number of ether oxygens (including phenoxy) is 1. The standard InChI is InChI=1S/C18H20N4O3/c1-18(2)7-11-15(13(24)8-18)16(22-17(21-11)19-9-20-22)10-4-5-12(23)14(6-10)25-3/h4-6,9,16,23H,7-8H2,1-3H3,(H,19,20,21). The molecule has 0 fully saturated rings.